The maximum absolute atomic E-state index is 12.1. The van der Waals surface area contributed by atoms with Crippen molar-refractivity contribution in [2.75, 3.05) is 25.7 Å². The predicted octanol–water partition coefficient (Wildman–Crippen LogP) is 1.65. The van der Waals surface area contributed by atoms with Crippen molar-refractivity contribution in [2.24, 2.45) is 5.92 Å². The van der Waals surface area contributed by atoms with Gasteiger partial charge >= 0.3 is 11.9 Å². The van der Waals surface area contributed by atoms with Gasteiger partial charge in [0.05, 0.1) is 31.4 Å². The van der Waals surface area contributed by atoms with Gasteiger partial charge in [-0.1, -0.05) is 11.6 Å². The van der Waals surface area contributed by atoms with Crippen LogP contribution in [-0.2, 0) is 19.1 Å². The summed E-state index contributed by atoms with van der Waals surface area (Å²) < 4.78 is 9.35. The molecule has 0 radical (unpaired) electrons. The lowest BCUT2D eigenvalue weighted by Crippen LogP contribution is -2.28. The summed E-state index contributed by atoms with van der Waals surface area (Å²) in [6.45, 7) is 0.164. The van der Waals surface area contributed by atoms with Crippen molar-refractivity contribution in [1.82, 2.24) is 0 Å². The second kappa shape index (κ2) is 6.13. The largest absolute Gasteiger partial charge is 0.469 e. The smallest absolute Gasteiger partial charge is 0.340 e. The molecule has 1 aromatic carbocycles. The highest BCUT2D eigenvalue weighted by atomic mass is 35.5. The molecule has 1 heterocycles. The lowest BCUT2D eigenvalue weighted by atomic mass is 10.1. The van der Waals surface area contributed by atoms with Crippen LogP contribution in [0.3, 0.4) is 0 Å². The molecule has 1 aromatic rings. The summed E-state index contributed by atoms with van der Waals surface area (Å²) in [7, 11) is 2.52. The average Bonchev–Trinajstić information content (AvgIpc) is 2.87. The van der Waals surface area contributed by atoms with Crippen LogP contribution in [0.25, 0.3) is 0 Å². The lowest BCUT2D eigenvalue weighted by Gasteiger charge is -2.19. The Balaban J connectivity index is 2.36. The molecule has 0 aliphatic carbocycles. The number of ether oxygens (including phenoxy) is 2. The highest BCUT2D eigenvalue weighted by Crippen LogP contribution is 2.31. The molecule has 1 saturated heterocycles. The zero-order valence-electron chi connectivity index (χ0n) is 11.6. The number of esters is 2. The minimum absolute atomic E-state index is 0.0515. The van der Waals surface area contributed by atoms with Gasteiger partial charge < -0.3 is 14.4 Å². The van der Waals surface area contributed by atoms with Crippen LogP contribution in [0.4, 0.5) is 5.69 Å². The Morgan fingerprint density at radius 1 is 1.29 bits per heavy atom. The standard InChI is InChI=1S/C14H14ClNO5/c1-20-13(18)8-5-12(17)16(7-8)11-4-3-9(15)6-10(11)14(19)21-2/h3-4,6,8H,5,7H2,1-2H3. The quantitative estimate of drug-likeness (QED) is 0.794. The molecule has 7 heteroatoms. The lowest BCUT2D eigenvalue weighted by molar-refractivity contribution is -0.145. The molecule has 1 aliphatic rings. The first-order valence-corrected chi connectivity index (χ1v) is 6.61. The number of hydrogen-bond acceptors (Lipinski definition) is 5. The molecule has 0 bridgehead atoms. The summed E-state index contributed by atoms with van der Waals surface area (Å²) in [6, 6.07) is 4.57. The van der Waals surface area contributed by atoms with Crippen LogP contribution in [-0.4, -0.2) is 38.6 Å². The van der Waals surface area contributed by atoms with E-state index in [1.54, 1.807) is 12.1 Å². The van der Waals surface area contributed by atoms with Gasteiger partial charge in [0.15, 0.2) is 0 Å². The first-order valence-electron chi connectivity index (χ1n) is 6.24. The van der Waals surface area contributed by atoms with E-state index in [-0.39, 0.29) is 24.4 Å². The van der Waals surface area contributed by atoms with Crippen molar-refractivity contribution in [2.45, 2.75) is 6.42 Å². The van der Waals surface area contributed by atoms with Crippen molar-refractivity contribution in [3.8, 4) is 0 Å². The van der Waals surface area contributed by atoms with Gasteiger partial charge in [0.25, 0.3) is 0 Å². The molecule has 6 nitrogen and oxygen atoms in total. The van der Waals surface area contributed by atoms with Crippen LogP contribution < -0.4 is 4.90 Å². The molecule has 0 N–H and O–H groups in total. The highest BCUT2D eigenvalue weighted by Gasteiger charge is 2.37. The van der Waals surface area contributed by atoms with E-state index in [9.17, 15) is 14.4 Å². The predicted molar refractivity (Wildman–Crippen MR) is 75.3 cm³/mol. The van der Waals surface area contributed by atoms with Crippen LogP contribution in [0.5, 0.6) is 0 Å². The monoisotopic (exact) mass is 311 g/mol. The van der Waals surface area contributed by atoms with E-state index in [2.05, 4.69) is 4.74 Å². The summed E-state index contributed by atoms with van der Waals surface area (Å²) in [5.41, 5.74) is 0.562. The highest BCUT2D eigenvalue weighted by molar-refractivity contribution is 6.31. The Morgan fingerprint density at radius 3 is 2.62 bits per heavy atom. The minimum atomic E-state index is -0.596. The van der Waals surface area contributed by atoms with Gasteiger partial charge in [-0.05, 0) is 18.2 Å². The summed E-state index contributed by atoms with van der Waals surface area (Å²) in [5, 5.41) is 0.357. The molecule has 1 unspecified atom stereocenters. The second-order valence-electron chi connectivity index (χ2n) is 4.58. The van der Waals surface area contributed by atoms with Gasteiger partial charge in [0.1, 0.15) is 0 Å². The van der Waals surface area contributed by atoms with Crippen molar-refractivity contribution in [1.29, 1.82) is 0 Å². The van der Waals surface area contributed by atoms with Gasteiger partial charge in [-0.25, -0.2) is 4.79 Å². The van der Waals surface area contributed by atoms with E-state index in [0.717, 1.165) is 0 Å². The fourth-order valence-electron chi connectivity index (χ4n) is 2.28. The number of rotatable bonds is 3. The molecule has 1 fully saturated rings. The summed E-state index contributed by atoms with van der Waals surface area (Å²) in [4.78, 5) is 36.8. The third kappa shape index (κ3) is 3.00. The molecule has 0 spiro atoms. The van der Waals surface area contributed by atoms with Crippen LogP contribution in [0.15, 0.2) is 18.2 Å². The number of halogens is 1. The maximum Gasteiger partial charge on any atom is 0.340 e. The fourth-order valence-corrected chi connectivity index (χ4v) is 2.45. The van der Waals surface area contributed by atoms with E-state index in [0.29, 0.717) is 10.7 Å². The van der Waals surface area contributed by atoms with Crippen LogP contribution in [0.1, 0.15) is 16.8 Å². The molecule has 1 atom stereocenters. The van der Waals surface area contributed by atoms with Gasteiger partial charge in [-0.15, -0.1) is 0 Å². The van der Waals surface area contributed by atoms with Crippen molar-refractivity contribution in [3.63, 3.8) is 0 Å². The van der Waals surface area contributed by atoms with Gasteiger partial charge in [0.2, 0.25) is 5.91 Å². The number of nitrogens with zero attached hydrogens (tertiary/aromatic N) is 1. The maximum atomic E-state index is 12.1. The average molecular weight is 312 g/mol. The van der Waals surface area contributed by atoms with Crippen molar-refractivity contribution < 1.29 is 23.9 Å². The van der Waals surface area contributed by atoms with E-state index in [1.807, 2.05) is 0 Å². The molecule has 2 rings (SSSR count). The van der Waals surface area contributed by atoms with E-state index in [4.69, 9.17) is 16.3 Å². The molecule has 0 aromatic heterocycles. The van der Waals surface area contributed by atoms with Crippen LogP contribution in [0, 0.1) is 5.92 Å². The molecule has 112 valence electrons. The fraction of sp³-hybridized carbons (Fsp3) is 0.357. The Morgan fingerprint density at radius 2 is 2.00 bits per heavy atom. The second-order valence-corrected chi connectivity index (χ2v) is 5.02. The number of carbonyl (C=O) groups is 3. The SMILES string of the molecule is COC(=O)c1cc(Cl)ccc1N1CC(C(=O)OC)CC1=O. The van der Waals surface area contributed by atoms with Gasteiger partial charge in [-0.3, -0.25) is 9.59 Å². The normalized spacial score (nSPS) is 17.8. The Hall–Kier alpha value is -2.08. The zero-order valence-corrected chi connectivity index (χ0v) is 12.3. The first kappa shape index (κ1) is 15.3. The molecular weight excluding hydrogens is 298 g/mol. The molecule has 1 aliphatic heterocycles. The first-order chi connectivity index (χ1) is 9.97. The van der Waals surface area contributed by atoms with Crippen LogP contribution >= 0.6 is 11.6 Å². The van der Waals surface area contributed by atoms with Crippen LogP contribution in [0.2, 0.25) is 5.02 Å². The Kier molecular flexibility index (Phi) is 4.47. The Labute approximate surface area is 126 Å². The third-order valence-corrected chi connectivity index (χ3v) is 3.55. The van der Waals surface area contributed by atoms with Crippen molar-refractivity contribution in [3.05, 3.63) is 28.8 Å². The topological polar surface area (TPSA) is 72.9 Å². The summed E-state index contributed by atoms with van der Waals surface area (Å²) >= 11 is 5.88. The van der Waals surface area contributed by atoms with E-state index >= 15 is 0 Å². The summed E-state index contributed by atoms with van der Waals surface area (Å²) in [6.07, 6.45) is 0.0515. The van der Waals surface area contributed by atoms with E-state index in [1.165, 1.54) is 25.2 Å². The van der Waals surface area contributed by atoms with E-state index < -0.39 is 17.9 Å². The molecule has 1 amide bonds. The molecular formula is C14H14ClNO5. The van der Waals surface area contributed by atoms with Gasteiger partial charge in [0, 0.05) is 18.0 Å². The number of amides is 1. The molecule has 21 heavy (non-hydrogen) atoms. The minimum Gasteiger partial charge on any atom is -0.469 e. The Bertz CT molecular complexity index is 601. The number of hydrogen-bond donors (Lipinski definition) is 0. The number of carbonyl (C=O) groups excluding carboxylic acids is 3. The number of benzene rings is 1. The number of methoxy groups -OCH3 is 2. The molecule has 0 saturated carbocycles. The van der Waals surface area contributed by atoms with Crippen molar-refractivity contribution >= 4 is 35.1 Å². The summed E-state index contributed by atoms with van der Waals surface area (Å²) in [5.74, 6) is -1.83. The zero-order chi connectivity index (χ0) is 15.6. The van der Waals surface area contributed by atoms with Gasteiger partial charge in [-0.2, -0.15) is 0 Å². The number of anilines is 1. The third-order valence-electron chi connectivity index (χ3n) is 3.31.